The lowest BCUT2D eigenvalue weighted by atomic mass is 10.0. The maximum absolute atomic E-state index is 13.5. The molecule has 0 heterocycles. The Morgan fingerprint density at radius 2 is 1.95 bits per heavy atom. The van der Waals surface area contributed by atoms with Crippen molar-refractivity contribution in [2.75, 3.05) is 19.8 Å². The minimum atomic E-state index is -0.287. The van der Waals surface area contributed by atoms with Gasteiger partial charge in [0.15, 0.2) is 0 Å². The predicted octanol–water partition coefficient (Wildman–Crippen LogP) is 2.91. The van der Waals surface area contributed by atoms with E-state index in [4.69, 9.17) is 15.2 Å². The van der Waals surface area contributed by atoms with Gasteiger partial charge in [-0.1, -0.05) is 13.8 Å². The van der Waals surface area contributed by atoms with Gasteiger partial charge in [0.05, 0.1) is 6.61 Å². The molecule has 3 nitrogen and oxygen atoms in total. The largest absolute Gasteiger partial charge is 0.491 e. The third-order valence-corrected chi connectivity index (χ3v) is 2.80. The van der Waals surface area contributed by atoms with Crippen molar-refractivity contribution in [3.8, 4) is 5.75 Å². The fraction of sp³-hybridized carbons (Fsp3) is 0.600. The highest BCUT2D eigenvalue weighted by Crippen LogP contribution is 2.18. The van der Waals surface area contributed by atoms with Crippen molar-refractivity contribution in [1.82, 2.24) is 0 Å². The molecule has 0 aromatic heterocycles. The third-order valence-electron chi connectivity index (χ3n) is 2.80. The smallest absolute Gasteiger partial charge is 0.127 e. The van der Waals surface area contributed by atoms with Crippen molar-refractivity contribution in [2.45, 2.75) is 39.2 Å². The number of ether oxygens (including phenoxy) is 2. The summed E-state index contributed by atoms with van der Waals surface area (Å²) in [5.74, 6) is 0.253. The molecule has 0 radical (unpaired) electrons. The molecular weight excluding hydrogens is 245 g/mol. The van der Waals surface area contributed by atoms with E-state index >= 15 is 0 Å². The SMILES string of the molecule is CCCOCCOc1cc(F)cc(CC(N)CC)c1. The molecular formula is C15H24FNO2. The molecule has 1 unspecified atom stereocenters. The lowest BCUT2D eigenvalue weighted by Gasteiger charge is -2.11. The van der Waals surface area contributed by atoms with Gasteiger partial charge in [-0.05, 0) is 37.0 Å². The molecule has 1 aromatic carbocycles. The predicted molar refractivity (Wildman–Crippen MR) is 75.0 cm³/mol. The first-order chi connectivity index (χ1) is 9.15. The van der Waals surface area contributed by atoms with Gasteiger partial charge in [0, 0.05) is 18.7 Å². The van der Waals surface area contributed by atoms with E-state index in [1.54, 1.807) is 0 Å². The van der Waals surface area contributed by atoms with Gasteiger partial charge in [-0.3, -0.25) is 0 Å². The fourth-order valence-electron chi connectivity index (χ4n) is 1.73. The minimum absolute atomic E-state index is 0.0579. The van der Waals surface area contributed by atoms with E-state index in [0.717, 1.165) is 25.0 Å². The number of rotatable bonds is 9. The Labute approximate surface area is 114 Å². The van der Waals surface area contributed by atoms with Crippen molar-refractivity contribution < 1.29 is 13.9 Å². The maximum Gasteiger partial charge on any atom is 0.127 e. The van der Waals surface area contributed by atoms with E-state index < -0.39 is 0 Å². The first-order valence-electron chi connectivity index (χ1n) is 6.91. The molecule has 108 valence electrons. The molecule has 0 aliphatic rings. The molecule has 0 bridgehead atoms. The van der Waals surface area contributed by atoms with Gasteiger partial charge in [0.1, 0.15) is 18.2 Å². The van der Waals surface area contributed by atoms with Gasteiger partial charge >= 0.3 is 0 Å². The topological polar surface area (TPSA) is 44.5 Å². The summed E-state index contributed by atoms with van der Waals surface area (Å²) in [6.45, 7) is 5.75. The summed E-state index contributed by atoms with van der Waals surface area (Å²) >= 11 is 0. The second-order valence-electron chi connectivity index (χ2n) is 4.63. The van der Waals surface area contributed by atoms with Crippen LogP contribution in [0.4, 0.5) is 4.39 Å². The van der Waals surface area contributed by atoms with E-state index in [0.29, 0.717) is 25.4 Å². The Kier molecular flexibility index (Phi) is 7.45. The van der Waals surface area contributed by atoms with E-state index in [1.807, 2.05) is 13.0 Å². The molecule has 0 fully saturated rings. The highest BCUT2D eigenvalue weighted by molar-refractivity contribution is 5.30. The van der Waals surface area contributed by atoms with Crippen molar-refractivity contribution >= 4 is 0 Å². The van der Waals surface area contributed by atoms with Gasteiger partial charge in [0.25, 0.3) is 0 Å². The standard InChI is InChI=1S/C15H24FNO2/c1-3-5-18-6-7-19-15-10-12(8-13(16)11-15)9-14(17)4-2/h8,10-11,14H,3-7,9,17H2,1-2H3. The molecule has 1 aromatic rings. The van der Waals surface area contributed by atoms with Crippen LogP contribution in [-0.2, 0) is 11.2 Å². The zero-order valence-electron chi connectivity index (χ0n) is 11.8. The van der Waals surface area contributed by atoms with Crippen molar-refractivity contribution in [2.24, 2.45) is 5.73 Å². The Bertz CT molecular complexity index is 371. The Hall–Kier alpha value is -1.13. The second-order valence-corrected chi connectivity index (χ2v) is 4.63. The second kappa shape index (κ2) is 8.88. The van der Waals surface area contributed by atoms with Crippen LogP contribution in [0.15, 0.2) is 18.2 Å². The highest BCUT2D eigenvalue weighted by Gasteiger charge is 2.06. The summed E-state index contributed by atoms with van der Waals surface area (Å²) in [7, 11) is 0. The van der Waals surface area contributed by atoms with Crippen LogP contribution in [0.3, 0.4) is 0 Å². The number of nitrogens with two attached hydrogens (primary N) is 1. The van der Waals surface area contributed by atoms with E-state index in [1.165, 1.54) is 12.1 Å². The van der Waals surface area contributed by atoms with E-state index in [-0.39, 0.29) is 11.9 Å². The molecule has 19 heavy (non-hydrogen) atoms. The first-order valence-corrected chi connectivity index (χ1v) is 6.91. The summed E-state index contributed by atoms with van der Waals surface area (Å²) in [5.41, 5.74) is 6.75. The lowest BCUT2D eigenvalue weighted by molar-refractivity contribution is 0.100. The van der Waals surface area contributed by atoms with Crippen LogP contribution in [0.2, 0.25) is 0 Å². The van der Waals surface area contributed by atoms with Crippen LogP contribution in [0.5, 0.6) is 5.75 Å². The number of hydrogen-bond acceptors (Lipinski definition) is 3. The van der Waals surface area contributed by atoms with Crippen LogP contribution in [-0.4, -0.2) is 25.9 Å². The zero-order chi connectivity index (χ0) is 14.1. The molecule has 0 aliphatic carbocycles. The van der Waals surface area contributed by atoms with E-state index in [9.17, 15) is 4.39 Å². The van der Waals surface area contributed by atoms with Gasteiger partial charge in [-0.15, -0.1) is 0 Å². The van der Waals surface area contributed by atoms with Crippen LogP contribution in [0.25, 0.3) is 0 Å². The summed E-state index contributed by atoms with van der Waals surface area (Å²) in [5, 5.41) is 0. The monoisotopic (exact) mass is 269 g/mol. The molecule has 2 N–H and O–H groups in total. The molecule has 0 aliphatic heterocycles. The summed E-state index contributed by atoms with van der Waals surface area (Å²) in [6, 6.07) is 4.80. The molecule has 0 amide bonds. The Balaban J connectivity index is 2.49. The van der Waals surface area contributed by atoms with Gasteiger partial charge < -0.3 is 15.2 Å². The first kappa shape index (κ1) is 15.9. The molecule has 4 heteroatoms. The van der Waals surface area contributed by atoms with Gasteiger partial charge in [0.2, 0.25) is 0 Å². The van der Waals surface area contributed by atoms with Crippen LogP contribution >= 0.6 is 0 Å². The molecule has 0 saturated heterocycles. The van der Waals surface area contributed by atoms with Crippen molar-refractivity contribution in [3.63, 3.8) is 0 Å². The van der Waals surface area contributed by atoms with Crippen molar-refractivity contribution in [1.29, 1.82) is 0 Å². The number of benzene rings is 1. The fourth-order valence-corrected chi connectivity index (χ4v) is 1.73. The third kappa shape index (κ3) is 6.55. The summed E-state index contributed by atoms with van der Waals surface area (Å²) in [4.78, 5) is 0. The minimum Gasteiger partial charge on any atom is -0.491 e. The van der Waals surface area contributed by atoms with Crippen LogP contribution < -0.4 is 10.5 Å². The maximum atomic E-state index is 13.5. The van der Waals surface area contributed by atoms with Crippen molar-refractivity contribution in [3.05, 3.63) is 29.6 Å². The normalized spacial score (nSPS) is 12.4. The number of hydrogen-bond donors (Lipinski definition) is 1. The molecule has 1 rings (SSSR count). The highest BCUT2D eigenvalue weighted by atomic mass is 19.1. The molecule has 1 atom stereocenters. The van der Waals surface area contributed by atoms with Gasteiger partial charge in [-0.2, -0.15) is 0 Å². The quantitative estimate of drug-likeness (QED) is 0.701. The lowest BCUT2D eigenvalue weighted by Crippen LogP contribution is -2.21. The Morgan fingerprint density at radius 1 is 1.16 bits per heavy atom. The summed E-state index contributed by atoms with van der Waals surface area (Å²) in [6.07, 6.45) is 2.52. The Morgan fingerprint density at radius 3 is 2.63 bits per heavy atom. The van der Waals surface area contributed by atoms with E-state index in [2.05, 4.69) is 6.92 Å². The van der Waals surface area contributed by atoms with Gasteiger partial charge in [-0.25, -0.2) is 4.39 Å². The average molecular weight is 269 g/mol. The summed E-state index contributed by atoms with van der Waals surface area (Å²) < 4.78 is 24.3. The average Bonchev–Trinajstić information content (AvgIpc) is 2.37. The number of halogens is 1. The zero-order valence-corrected chi connectivity index (χ0v) is 11.8. The van der Waals surface area contributed by atoms with Crippen LogP contribution in [0.1, 0.15) is 32.3 Å². The molecule has 0 spiro atoms. The molecule has 0 saturated carbocycles. The van der Waals surface area contributed by atoms with Crippen LogP contribution in [0, 0.1) is 5.82 Å².